The molecule has 2 rings (SSSR count). The Balaban J connectivity index is 1.72. The molecule has 102 valence electrons. The van der Waals surface area contributed by atoms with Gasteiger partial charge in [0.05, 0.1) is 0 Å². The lowest BCUT2D eigenvalue weighted by atomic mass is 9.75. The number of hydrogen-bond acceptors (Lipinski definition) is 2. The Kier molecular flexibility index (Phi) is 5.07. The zero-order valence-electron chi connectivity index (χ0n) is 11.3. The maximum Gasteiger partial charge on any atom is 0.0492 e. The lowest BCUT2D eigenvalue weighted by Crippen LogP contribution is -2.38. The largest absolute Gasteiger partial charge is 0.316 e. The standard InChI is InChI=1S/C14H24ClN3/c1-18-13(6-10-17-18)5-9-16-12-14(11-15)7-3-2-4-8-14/h6,10,16H,2-5,7-9,11-12H2,1H3. The molecule has 1 saturated carbocycles. The number of halogens is 1. The summed E-state index contributed by atoms with van der Waals surface area (Å²) in [6.07, 6.45) is 9.54. The Morgan fingerprint density at radius 3 is 2.78 bits per heavy atom. The van der Waals surface area contributed by atoms with Crippen molar-refractivity contribution in [3.63, 3.8) is 0 Å². The minimum Gasteiger partial charge on any atom is -0.316 e. The summed E-state index contributed by atoms with van der Waals surface area (Å²) in [5, 5.41) is 7.77. The van der Waals surface area contributed by atoms with Crippen LogP contribution in [0.5, 0.6) is 0 Å². The SMILES string of the molecule is Cn1nccc1CCNCC1(CCl)CCCCC1. The first-order valence-corrected chi connectivity index (χ1v) is 7.53. The van der Waals surface area contributed by atoms with Gasteiger partial charge in [-0.2, -0.15) is 5.10 Å². The first kappa shape index (κ1) is 13.9. The molecule has 1 aromatic heterocycles. The third-order valence-electron chi connectivity index (χ3n) is 4.18. The molecule has 1 heterocycles. The van der Waals surface area contributed by atoms with E-state index >= 15 is 0 Å². The van der Waals surface area contributed by atoms with Crippen LogP contribution in [0.3, 0.4) is 0 Å². The molecule has 0 unspecified atom stereocenters. The zero-order chi connectivity index (χ0) is 12.8. The number of nitrogens with one attached hydrogen (secondary N) is 1. The van der Waals surface area contributed by atoms with Gasteiger partial charge in [0.15, 0.2) is 0 Å². The van der Waals surface area contributed by atoms with Gasteiger partial charge in [0.1, 0.15) is 0 Å². The van der Waals surface area contributed by atoms with Crippen LogP contribution in [0.25, 0.3) is 0 Å². The van der Waals surface area contributed by atoms with Gasteiger partial charge in [0.25, 0.3) is 0 Å². The van der Waals surface area contributed by atoms with Crippen molar-refractivity contribution in [2.75, 3.05) is 19.0 Å². The van der Waals surface area contributed by atoms with E-state index in [2.05, 4.69) is 16.5 Å². The maximum atomic E-state index is 6.19. The number of nitrogens with zero attached hydrogens (tertiary/aromatic N) is 2. The lowest BCUT2D eigenvalue weighted by molar-refractivity contribution is 0.213. The van der Waals surface area contributed by atoms with Crippen LogP contribution in [0, 0.1) is 5.41 Å². The van der Waals surface area contributed by atoms with Crippen LogP contribution >= 0.6 is 11.6 Å². The normalized spacial score (nSPS) is 19.0. The molecule has 4 heteroatoms. The van der Waals surface area contributed by atoms with E-state index in [1.165, 1.54) is 37.8 Å². The third-order valence-corrected chi connectivity index (χ3v) is 4.75. The smallest absolute Gasteiger partial charge is 0.0492 e. The maximum absolute atomic E-state index is 6.19. The first-order valence-electron chi connectivity index (χ1n) is 6.99. The predicted molar refractivity (Wildman–Crippen MR) is 76.0 cm³/mol. The van der Waals surface area contributed by atoms with Gasteiger partial charge in [0.2, 0.25) is 0 Å². The molecule has 18 heavy (non-hydrogen) atoms. The molecule has 1 aromatic rings. The summed E-state index contributed by atoms with van der Waals surface area (Å²) in [4.78, 5) is 0. The highest BCUT2D eigenvalue weighted by Crippen LogP contribution is 2.36. The number of hydrogen-bond donors (Lipinski definition) is 1. The van der Waals surface area contributed by atoms with E-state index < -0.39 is 0 Å². The molecule has 3 nitrogen and oxygen atoms in total. The zero-order valence-corrected chi connectivity index (χ0v) is 12.0. The van der Waals surface area contributed by atoms with E-state index in [1.807, 2.05) is 17.9 Å². The fraction of sp³-hybridized carbons (Fsp3) is 0.786. The van der Waals surface area contributed by atoms with E-state index in [0.29, 0.717) is 5.41 Å². The van der Waals surface area contributed by atoms with Crippen LogP contribution in [0.2, 0.25) is 0 Å². The average Bonchev–Trinajstić information content (AvgIpc) is 2.82. The van der Waals surface area contributed by atoms with Crippen LogP contribution in [0.4, 0.5) is 0 Å². The Morgan fingerprint density at radius 1 is 1.39 bits per heavy atom. The number of alkyl halides is 1. The van der Waals surface area contributed by atoms with E-state index in [1.54, 1.807) is 0 Å². The summed E-state index contributed by atoms with van der Waals surface area (Å²) in [7, 11) is 2.00. The Labute approximate surface area is 115 Å². The third kappa shape index (κ3) is 3.48. The van der Waals surface area contributed by atoms with Crippen molar-refractivity contribution < 1.29 is 0 Å². The lowest BCUT2D eigenvalue weighted by Gasteiger charge is -2.35. The summed E-state index contributed by atoms with van der Waals surface area (Å²) >= 11 is 6.19. The second-order valence-corrected chi connectivity index (χ2v) is 5.83. The molecular formula is C14H24ClN3. The molecule has 0 aliphatic heterocycles. The van der Waals surface area contributed by atoms with Crippen LogP contribution in [-0.2, 0) is 13.5 Å². The molecule has 0 bridgehead atoms. The average molecular weight is 270 g/mol. The highest BCUT2D eigenvalue weighted by atomic mass is 35.5. The Hall–Kier alpha value is -0.540. The molecule has 0 amide bonds. The molecule has 0 atom stereocenters. The van der Waals surface area contributed by atoms with Crippen molar-refractivity contribution in [3.8, 4) is 0 Å². The fourth-order valence-electron chi connectivity index (χ4n) is 2.88. The van der Waals surface area contributed by atoms with Gasteiger partial charge in [-0.1, -0.05) is 19.3 Å². The summed E-state index contributed by atoms with van der Waals surface area (Å²) in [6.45, 7) is 2.08. The van der Waals surface area contributed by atoms with Gasteiger partial charge in [0, 0.05) is 44.3 Å². The van der Waals surface area contributed by atoms with Crippen LogP contribution in [0.15, 0.2) is 12.3 Å². The van der Waals surface area contributed by atoms with Crippen LogP contribution in [0.1, 0.15) is 37.8 Å². The van der Waals surface area contributed by atoms with Gasteiger partial charge in [-0.05, 0) is 24.3 Å². The minimum atomic E-state index is 0.353. The molecule has 0 spiro atoms. The van der Waals surface area contributed by atoms with Crippen molar-refractivity contribution in [1.82, 2.24) is 15.1 Å². The highest BCUT2D eigenvalue weighted by molar-refractivity contribution is 6.18. The van der Waals surface area contributed by atoms with Crippen molar-refractivity contribution in [2.45, 2.75) is 38.5 Å². The molecule has 1 aliphatic carbocycles. The van der Waals surface area contributed by atoms with Gasteiger partial charge in [-0.3, -0.25) is 4.68 Å². The van der Waals surface area contributed by atoms with Gasteiger partial charge < -0.3 is 5.32 Å². The van der Waals surface area contributed by atoms with Gasteiger partial charge in [-0.25, -0.2) is 0 Å². The molecular weight excluding hydrogens is 246 g/mol. The van der Waals surface area contributed by atoms with Crippen molar-refractivity contribution in [1.29, 1.82) is 0 Å². The van der Waals surface area contributed by atoms with E-state index in [9.17, 15) is 0 Å². The number of rotatable bonds is 6. The molecule has 1 N–H and O–H groups in total. The van der Waals surface area contributed by atoms with Crippen molar-refractivity contribution >= 4 is 11.6 Å². The van der Waals surface area contributed by atoms with Crippen molar-refractivity contribution in [2.24, 2.45) is 12.5 Å². The number of aryl methyl sites for hydroxylation is 1. The second-order valence-electron chi connectivity index (χ2n) is 5.57. The summed E-state index contributed by atoms with van der Waals surface area (Å²) in [6, 6.07) is 2.08. The molecule has 0 radical (unpaired) electrons. The predicted octanol–water partition coefficient (Wildman–Crippen LogP) is 2.74. The fourth-order valence-corrected chi connectivity index (χ4v) is 3.24. The van der Waals surface area contributed by atoms with E-state index in [0.717, 1.165) is 25.4 Å². The Morgan fingerprint density at radius 2 is 2.17 bits per heavy atom. The summed E-state index contributed by atoms with van der Waals surface area (Å²) in [5.74, 6) is 0.797. The quantitative estimate of drug-likeness (QED) is 0.636. The minimum absolute atomic E-state index is 0.353. The summed E-state index contributed by atoms with van der Waals surface area (Å²) < 4.78 is 1.94. The molecule has 1 aliphatic rings. The Bertz CT molecular complexity index is 356. The summed E-state index contributed by atoms with van der Waals surface area (Å²) in [5.41, 5.74) is 1.64. The monoisotopic (exact) mass is 269 g/mol. The van der Waals surface area contributed by atoms with Gasteiger partial charge >= 0.3 is 0 Å². The second kappa shape index (κ2) is 6.58. The van der Waals surface area contributed by atoms with Crippen LogP contribution in [-0.4, -0.2) is 28.8 Å². The molecule has 0 aromatic carbocycles. The van der Waals surface area contributed by atoms with E-state index in [4.69, 9.17) is 11.6 Å². The molecule has 1 fully saturated rings. The number of aromatic nitrogens is 2. The van der Waals surface area contributed by atoms with E-state index in [-0.39, 0.29) is 0 Å². The van der Waals surface area contributed by atoms with Crippen LogP contribution < -0.4 is 5.32 Å². The van der Waals surface area contributed by atoms with Crippen molar-refractivity contribution in [3.05, 3.63) is 18.0 Å². The topological polar surface area (TPSA) is 29.9 Å². The highest BCUT2D eigenvalue weighted by Gasteiger charge is 2.30. The van der Waals surface area contributed by atoms with Gasteiger partial charge in [-0.15, -0.1) is 11.6 Å². The molecule has 0 saturated heterocycles. The first-order chi connectivity index (χ1) is 8.76.